The fourth-order valence-corrected chi connectivity index (χ4v) is 3.73. The number of hydrogen-bond acceptors (Lipinski definition) is 3. The predicted octanol–water partition coefficient (Wildman–Crippen LogP) is 1.23. The van der Waals surface area contributed by atoms with Crippen molar-refractivity contribution in [2.24, 2.45) is 17.4 Å². The van der Waals surface area contributed by atoms with Gasteiger partial charge in [0.05, 0.1) is 6.04 Å². The average Bonchev–Trinajstić information content (AvgIpc) is 2.63. The quantitative estimate of drug-likeness (QED) is 0.743. The number of nitrogens with zero attached hydrogens (tertiary/aromatic N) is 1. The first-order chi connectivity index (χ1) is 8.74. The van der Waals surface area contributed by atoms with Crippen molar-refractivity contribution in [2.75, 3.05) is 13.1 Å². The molecule has 1 amide bonds. The fraction of sp³-hybridized carbons (Fsp3) is 0.929. The van der Waals surface area contributed by atoms with Crippen LogP contribution in [-0.4, -0.2) is 36.0 Å². The van der Waals surface area contributed by atoms with E-state index in [-0.39, 0.29) is 11.9 Å². The molecule has 1 aliphatic heterocycles. The van der Waals surface area contributed by atoms with Crippen molar-refractivity contribution >= 4 is 5.91 Å². The molecule has 4 nitrogen and oxygen atoms in total. The van der Waals surface area contributed by atoms with Gasteiger partial charge in [-0.1, -0.05) is 25.7 Å². The van der Waals surface area contributed by atoms with Gasteiger partial charge in [0.1, 0.15) is 0 Å². The number of likely N-dealkylation sites (tertiary alicyclic amines) is 1. The van der Waals surface area contributed by atoms with Gasteiger partial charge < -0.3 is 11.5 Å². The molecule has 1 aliphatic carbocycles. The number of nitrogens with two attached hydrogens (primary N) is 2. The highest BCUT2D eigenvalue weighted by Crippen LogP contribution is 2.31. The summed E-state index contributed by atoms with van der Waals surface area (Å²) in [5, 5.41) is 0. The summed E-state index contributed by atoms with van der Waals surface area (Å²) in [5.74, 6) is 0.405. The van der Waals surface area contributed by atoms with Gasteiger partial charge in [-0.15, -0.1) is 0 Å². The molecule has 2 aliphatic rings. The molecule has 3 unspecified atom stereocenters. The Labute approximate surface area is 110 Å². The third-order valence-electron chi connectivity index (χ3n) is 4.72. The molecule has 0 radical (unpaired) electrons. The summed E-state index contributed by atoms with van der Waals surface area (Å²) in [6.45, 7) is 1.77. The summed E-state index contributed by atoms with van der Waals surface area (Å²) < 4.78 is 0. The van der Waals surface area contributed by atoms with Crippen molar-refractivity contribution in [1.82, 2.24) is 4.90 Å². The van der Waals surface area contributed by atoms with E-state index in [9.17, 15) is 4.79 Å². The summed E-state index contributed by atoms with van der Waals surface area (Å²) in [6.07, 6.45) is 9.51. The minimum absolute atomic E-state index is 0.0455. The third-order valence-corrected chi connectivity index (χ3v) is 4.72. The Balaban J connectivity index is 2.11. The third kappa shape index (κ3) is 3.04. The van der Waals surface area contributed by atoms with Crippen LogP contribution in [-0.2, 0) is 4.79 Å². The fourth-order valence-electron chi connectivity index (χ4n) is 3.73. The molecule has 0 spiro atoms. The van der Waals surface area contributed by atoms with Crippen LogP contribution in [0.15, 0.2) is 0 Å². The van der Waals surface area contributed by atoms with E-state index in [0.29, 0.717) is 12.0 Å². The summed E-state index contributed by atoms with van der Waals surface area (Å²) in [4.78, 5) is 14.0. The Morgan fingerprint density at radius 3 is 2.50 bits per heavy atom. The van der Waals surface area contributed by atoms with E-state index in [2.05, 4.69) is 4.90 Å². The monoisotopic (exact) mass is 253 g/mol. The molecule has 104 valence electrons. The smallest absolute Gasteiger partial charge is 0.234 e. The average molecular weight is 253 g/mol. The maximum atomic E-state index is 11.6. The van der Waals surface area contributed by atoms with E-state index in [1.165, 1.54) is 38.5 Å². The van der Waals surface area contributed by atoms with Crippen molar-refractivity contribution in [3.05, 3.63) is 0 Å². The number of carbonyl (C=O) groups is 1. The van der Waals surface area contributed by atoms with Crippen LogP contribution in [0, 0.1) is 5.92 Å². The molecular formula is C14H27N3O. The molecule has 1 heterocycles. The summed E-state index contributed by atoms with van der Waals surface area (Å²) in [7, 11) is 0. The zero-order valence-corrected chi connectivity index (χ0v) is 11.3. The Morgan fingerprint density at radius 1 is 1.06 bits per heavy atom. The van der Waals surface area contributed by atoms with Gasteiger partial charge in [-0.05, 0) is 44.7 Å². The van der Waals surface area contributed by atoms with Crippen molar-refractivity contribution in [2.45, 2.75) is 63.5 Å². The van der Waals surface area contributed by atoms with Gasteiger partial charge >= 0.3 is 0 Å². The van der Waals surface area contributed by atoms with Gasteiger partial charge in [-0.2, -0.15) is 0 Å². The van der Waals surface area contributed by atoms with Crippen molar-refractivity contribution in [1.29, 1.82) is 0 Å². The minimum Gasteiger partial charge on any atom is -0.368 e. The van der Waals surface area contributed by atoms with Crippen LogP contribution in [0.25, 0.3) is 0 Å². The van der Waals surface area contributed by atoms with E-state index in [0.717, 1.165) is 25.9 Å². The van der Waals surface area contributed by atoms with E-state index in [1.54, 1.807) is 0 Å². The van der Waals surface area contributed by atoms with Crippen LogP contribution < -0.4 is 11.5 Å². The number of rotatable bonds is 3. The molecule has 0 aromatic carbocycles. The predicted molar refractivity (Wildman–Crippen MR) is 73.0 cm³/mol. The first-order valence-electron chi connectivity index (χ1n) is 7.49. The highest BCUT2D eigenvalue weighted by atomic mass is 16.1. The molecule has 1 saturated carbocycles. The van der Waals surface area contributed by atoms with Gasteiger partial charge in [0.15, 0.2) is 0 Å². The van der Waals surface area contributed by atoms with Crippen molar-refractivity contribution in [3.8, 4) is 0 Å². The normalized spacial score (nSPS) is 35.1. The molecular weight excluding hydrogens is 226 g/mol. The number of piperidine rings is 1. The SMILES string of the molecule is NCC1CCCCCC1N1CCCCC1C(N)=O. The lowest BCUT2D eigenvalue weighted by molar-refractivity contribution is -0.126. The highest BCUT2D eigenvalue weighted by molar-refractivity contribution is 5.80. The Morgan fingerprint density at radius 2 is 1.78 bits per heavy atom. The number of hydrogen-bond donors (Lipinski definition) is 2. The second kappa shape index (κ2) is 6.53. The lowest BCUT2D eigenvalue weighted by Gasteiger charge is -2.42. The molecule has 3 atom stereocenters. The maximum absolute atomic E-state index is 11.6. The number of carbonyl (C=O) groups excluding carboxylic acids is 1. The minimum atomic E-state index is -0.144. The van der Waals surface area contributed by atoms with Crippen LogP contribution in [0.3, 0.4) is 0 Å². The van der Waals surface area contributed by atoms with E-state index >= 15 is 0 Å². The zero-order valence-electron chi connectivity index (χ0n) is 11.3. The first-order valence-corrected chi connectivity index (χ1v) is 7.49. The van der Waals surface area contributed by atoms with E-state index in [1.807, 2.05) is 0 Å². The highest BCUT2D eigenvalue weighted by Gasteiger charge is 2.36. The summed E-state index contributed by atoms with van der Waals surface area (Å²) >= 11 is 0. The van der Waals surface area contributed by atoms with Gasteiger partial charge in [0.25, 0.3) is 0 Å². The molecule has 2 fully saturated rings. The van der Waals surface area contributed by atoms with Gasteiger partial charge in [-0.25, -0.2) is 0 Å². The second-order valence-corrected chi connectivity index (χ2v) is 5.85. The molecule has 0 aromatic rings. The number of primary amides is 1. The number of amides is 1. The molecule has 0 bridgehead atoms. The Kier molecular flexibility index (Phi) is 5.01. The zero-order chi connectivity index (χ0) is 13.0. The van der Waals surface area contributed by atoms with Crippen molar-refractivity contribution < 1.29 is 4.79 Å². The van der Waals surface area contributed by atoms with Crippen LogP contribution in [0.2, 0.25) is 0 Å². The lowest BCUT2D eigenvalue weighted by atomic mass is 9.89. The Bertz CT molecular complexity index is 282. The largest absolute Gasteiger partial charge is 0.368 e. The van der Waals surface area contributed by atoms with Crippen LogP contribution in [0.5, 0.6) is 0 Å². The first kappa shape index (κ1) is 13.8. The molecule has 18 heavy (non-hydrogen) atoms. The molecule has 4 N–H and O–H groups in total. The molecule has 1 saturated heterocycles. The van der Waals surface area contributed by atoms with Crippen LogP contribution >= 0.6 is 0 Å². The van der Waals surface area contributed by atoms with Gasteiger partial charge in [0.2, 0.25) is 5.91 Å². The summed E-state index contributed by atoms with van der Waals surface area (Å²) in [5.41, 5.74) is 11.5. The maximum Gasteiger partial charge on any atom is 0.234 e. The molecule has 2 rings (SSSR count). The van der Waals surface area contributed by atoms with E-state index < -0.39 is 0 Å². The van der Waals surface area contributed by atoms with Crippen molar-refractivity contribution in [3.63, 3.8) is 0 Å². The van der Waals surface area contributed by atoms with Gasteiger partial charge in [0, 0.05) is 6.04 Å². The topological polar surface area (TPSA) is 72.3 Å². The molecule has 0 aromatic heterocycles. The molecule has 4 heteroatoms. The second-order valence-electron chi connectivity index (χ2n) is 5.85. The van der Waals surface area contributed by atoms with Crippen LogP contribution in [0.4, 0.5) is 0 Å². The summed E-state index contributed by atoms with van der Waals surface area (Å²) in [6, 6.07) is 0.436. The lowest BCUT2D eigenvalue weighted by Crippen LogP contribution is -2.55. The Hall–Kier alpha value is -0.610. The van der Waals surface area contributed by atoms with Gasteiger partial charge in [-0.3, -0.25) is 9.69 Å². The van der Waals surface area contributed by atoms with Crippen LogP contribution in [0.1, 0.15) is 51.4 Å². The van der Waals surface area contributed by atoms with E-state index in [4.69, 9.17) is 11.5 Å². The standard InChI is InChI=1S/C14H27N3O/c15-10-11-6-2-1-3-7-12(11)17-9-5-4-8-13(17)14(16)18/h11-13H,1-10,15H2,(H2,16,18).